The molecule has 0 bridgehead atoms. The van der Waals surface area contributed by atoms with E-state index in [1.807, 2.05) is 25.1 Å². The van der Waals surface area contributed by atoms with Crippen LogP contribution in [0.15, 0.2) is 22.7 Å². The van der Waals surface area contributed by atoms with Gasteiger partial charge < -0.3 is 15.4 Å². The summed E-state index contributed by atoms with van der Waals surface area (Å²) in [5, 5.41) is 6.20. The van der Waals surface area contributed by atoms with E-state index in [-0.39, 0.29) is 11.9 Å². The molecule has 0 saturated carbocycles. The highest BCUT2D eigenvalue weighted by molar-refractivity contribution is 9.10. The van der Waals surface area contributed by atoms with E-state index in [0.29, 0.717) is 6.54 Å². The molecule has 1 aromatic carbocycles. The van der Waals surface area contributed by atoms with Gasteiger partial charge in [-0.3, -0.25) is 4.79 Å². The zero-order chi connectivity index (χ0) is 13.7. The molecule has 2 N–H and O–H groups in total. The monoisotopic (exact) mass is 326 g/mol. The Morgan fingerprint density at radius 2 is 2.16 bits per heavy atom. The number of benzene rings is 1. The molecule has 104 valence electrons. The van der Waals surface area contributed by atoms with E-state index in [2.05, 4.69) is 26.6 Å². The van der Waals surface area contributed by atoms with Crippen LogP contribution in [-0.4, -0.2) is 31.7 Å². The minimum atomic E-state index is 0.0336. The van der Waals surface area contributed by atoms with E-state index in [0.717, 1.165) is 41.8 Å². The molecule has 1 saturated heterocycles. The van der Waals surface area contributed by atoms with Crippen LogP contribution in [0.25, 0.3) is 0 Å². The molecule has 2 rings (SSSR count). The second-order valence-electron chi connectivity index (χ2n) is 4.77. The number of ether oxygens (including phenoxy) is 1. The van der Waals surface area contributed by atoms with Crippen molar-refractivity contribution in [1.29, 1.82) is 0 Å². The van der Waals surface area contributed by atoms with Gasteiger partial charge in [-0.15, -0.1) is 0 Å². The standard InChI is InChI=1S/C14H19BrN2O2/c1-10-2-3-11(15)8-13(10)16-9-14(18)17-12-4-6-19-7-5-12/h2-3,8,12,16H,4-7,9H2,1H3,(H,17,18). The summed E-state index contributed by atoms with van der Waals surface area (Å²) in [5.41, 5.74) is 2.11. The maximum atomic E-state index is 11.9. The zero-order valence-electron chi connectivity index (χ0n) is 11.0. The smallest absolute Gasteiger partial charge is 0.239 e. The van der Waals surface area contributed by atoms with Gasteiger partial charge >= 0.3 is 0 Å². The van der Waals surface area contributed by atoms with Crippen LogP contribution in [0, 0.1) is 6.92 Å². The van der Waals surface area contributed by atoms with Gasteiger partial charge in [-0.25, -0.2) is 0 Å². The first-order chi connectivity index (χ1) is 9.15. The number of aryl methyl sites for hydroxylation is 1. The fraction of sp³-hybridized carbons (Fsp3) is 0.500. The number of halogens is 1. The first kappa shape index (κ1) is 14.3. The summed E-state index contributed by atoms with van der Waals surface area (Å²) in [6, 6.07) is 6.24. The fourth-order valence-corrected chi connectivity index (χ4v) is 2.44. The Hall–Kier alpha value is -1.07. The average molecular weight is 327 g/mol. The molecule has 0 spiro atoms. The van der Waals surface area contributed by atoms with Gasteiger partial charge in [0.2, 0.25) is 5.91 Å². The van der Waals surface area contributed by atoms with Crippen molar-refractivity contribution in [1.82, 2.24) is 5.32 Å². The maximum Gasteiger partial charge on any atom is 0.239 e. The molecular formula is C14H19BrN2O2. The number of amides is 1. The summed E-state index contributed by atoms with van der Waals surface area (Å²) in [6.07, 6.45) is 1.81. The second-order valence-corrected chi connectivity index (χ2v) is 5.68. The van der Waals surface area contributed by atoms with Gasteiger partial charge in [-0.05, 0) is 37.5 Å². The molecule has 1 aliphatic rings. The molecule has 4 nitrogen and oxygen atoms in total. The lowest BCUT2D eigenvalue weighted by Gasteiger charge is -2.23. The lowest BCUT2D eigenvalue weighted by molar-refractivity contribution is -0.120. The largest absolute Gasteiger partial charge is 0.381 e. The second kappa shape index (κ2) is 6.91. The molecule has 1 aromatic rings. The third-order valence-electron chi connectivity index (χ3n) is 3.23. The fourth-order valence-electron chi connectivity index (χ4n) is 2.08. The lowest BCUT2D eigenvalue weighted by atomic mass is 10.1. The van der Waals surface area contributed by atoms with E-state index >= 15 is 0 Å². The Bertz CT molecular complexity index is 445. The van der Waals surface area contributed by atoms with Gasteiger partial charge in [0.25, 0.3) is 0 Å². The minimum absolute atomic E-state index is 0.0336. The van der Waals surface area contributed by atoms with Gasteiger partial charge in [-0.2, -0.15) is 0 Å². The lowest BCUT2D eigenvalue weighted by Crippen LogP contribution is -2.41. The van der Waals surface area contributed by atoms with Crippen LogP contribution in [0.3, 0.4) is 0 Å². The van der Waals surface area contributed by atoms with Crippen molar-refractivity contribution in [2.75, 3.05) is 25.1 Å². The number of rotatable bonds is 4. The van der Waals surface area contributed by atoms with E-state index in [1.54, 1.807) is 0 Å². The van der Waals surface area contributed by atoms with Crippen LogP contribution in [0.1, 0.15) is 18.4 Å². The summed E-state index contributed by atoms with van der Waals surface area (Å²) in [7, 11) is 0. The zero-order valence-corrected chi connectivity index (χ0v) is 12.6. The Labute approximate surface area is 122 Å². The van der Waals surface area contributed by atoms with Gasteiger partial charge in [-0.1, -0.05) is 22.0 Å². The molecule has 0 aromatic heterocycles. The molecule has 0 atom stereocenters. The van der Waals surface area contributed by atoms with Crippen molar-refractivity contribution in [2.45, 2.75) is 25.8 Å². The molecule has 0 aliphatic carbocycles. The van der Waals surface area contributed by atoms with Crippen molar-refractivity contribution in [3.8, 4) is 0 Å². The van der Waals surface area contributed by atoms with Gasteiger partial charge in [0.05, 0.1) is 6.54 Å². The van der Waals surface area contributed by atoms with Gasteiger partial charge in [0.1, 0.15) is 0 Å². The van der Waals surface area contributed by atoms with Crippen molar-refractivity contribution >= 4 is 27.5 Å². The highest BCUT2D eigenvalue weighted by Gasteiger charge is 2.15. The van der Waals surface area contributed by atoms with Crippen LogP contribution in [-0.2, 0) is 9.53 Å². The SMILES string of the molecule is Cc1ccc(Br)cc1NCC(=O)NC1CCOCC1. The van der Waals surface area contributed by atoms with Crippen molar-refractivity contribution in [3.05, 3.63) is 28.2 Å². The average Bonchev–Trinajstić information content (AvgIpc) is 2.41. The Morgan fingerprint density at radius 1 is 1.42 bits per heavy atom. The first-order valence-electron chi connectivity index (χ1n) is 6.52. The maximum absolute atomic E-state index is 11.9. The normalized spacial score (nSPS) is 16.1. The van der Waals surface area contributed by atoms with Crippen LogP contribution >= 0.6 is 15.9 Å². The number of carbonyl (C=O) groups is 1. The quantitative estimate of drug-likeness (QED) is 0.893. The Morgan fingerprint density at radius 3 is 2.89 bits per heavy atom. The summed E-state index contributed by atoms with van der Waals surface area (Å²) < 4.78 is 6.27. The molecule has 1 fully saturated rings. The van der Waals surface area contributed by atoms with Crippen molar-refractivity contribution < 1.29 is 9.53 Å². The van der Waals surface area contributed by atoms with Crippen LogP contribution < -0.4 is 10.6 Å². The third kappa shape index (κ3) is 4.51. The highest BCUT2D eigenvalue weighted by Crippen LogP contribution is 2.20. The van der Waals surface area contributed by atoms with Gasteiger partial charge in [0, 0.05) is 29.4 Å². The van der Waals surface area contributed by atoms with E-state index < -0.39 is 0 Å². The summed E-state index contributed by atoms with van der Waals surface area (Å²) in [4.78, 5) is 11.9. The van der Waals surface area contributed by atoms with Crippen molar-refractivity contribution in [2.24, 2.45) is 0 Å². The molecule has 1 heterocycles. The summed E-state index contributed by atoms with van der Waals surface area (Å²) in [6.45, 7) is 3.80. The predicted molar refractivity (Wildman–Crippen MR) is 79.4 cm³/mol. The highest BCUT2D eigenvalue weighted by atomic mass is 79.9. The molecule has 0 unspecified atom stereocenters. The molecule has 1 aliphatic heterocycles. The summed E-state index contributed by atoms with van der Waals surface area (Å²) in [5.74, 6) is 0.0336. The molecular weight excluding hydrogens is 308 g/mol. The Balaban J connectivity index is 1.81. The molecule has 1 amide bonds. The predicted octanol–water partition coefficient (Wildman–Crippen LogP) is 2.46. The third-order valence-corrected chi connectivity index (χ3v) is 3.72. The minimum Gasteiger partial charge on any atom is -0.381 e. The number of hydrogen-bond acceptors (Lipinski definition) is 3. The van der Waals surface area contributed by atoms with E-state index in [1.165, 1.54) is 0 Å². The molecule has 0 radical (unpaired) electrons. The van der Waals surface area contributed by atoms with Crippen molar-refractivity contribution in [3.63, 3.8) is 0 Å². The molecule has 5 heteroatoms. The van der Waals surface area contributed by atoms with Gasteiger partial charge in [0.15, 0.2) is 0 Å². The number of hydrogen-bond donors (Lipinski definition) is 2. The van der Waals surface area contributed by atoms with Crippen LogP contribution in [0.4, 0.5) is 5.69 Å². The van der Waals surface area contributed by atoms with Crippen LogP contribution in [0.5, 0.6) is 0 Å². The summed E-state index contributed by atoms with van der Waals surface area (Å²) >= 11 is 3.43. The Kier molecular flexibility index (Phi) is 5.22. The van der Waals surface area contributed by atoms with Crippen LogP contribution in [0.2, 0.25) is 0 Å². The first-order valence-corrected chi connectivity index (χ1v) is 7.31. The number of nitrogens with one attached hydrogen (secondary N) is 2. The van der Waals surface area contributed by atoms with E-state index in [9.17, 15) is 4.79 Å². The number of anilines is 1. The topological polar surface area (TPSA) is 50.4 Å². The number of carbonyl (C=O) groups excluding carboxylic acids is 1. The van der Waals surface area contributed by atoms with E-state index in [4.69, 9.17) is 4.74 Å². The molecule has 19 heavy (non-hydrogen) atoms.